The molecule has 8 aromatic carbocycles. The van der Waals surface area contributed by atoms with Crippen LogP contribution in [0.4, 0.5) is 17.1 Å². The van der Waals surface area contributed by atoms with E-state index in [1.165, 1.54) is 126 Å². The van der Waals surface area contributed by atoms with Gasteiger partial charge in [-0.2, -0.15) is 0 Å². The van der Waals surface area contributed by atoms with Crippen molar-refractivity contribution in [1.29, 1.82) is 0 Å². The van der Waals surface area contributed by atoms with E-state index >= 15 is 0 Å². The smallest absolute Gasteiger partial charge is 0.0540 e. The molecule has 1 fully saturated rings. The summed E-state index contributed by atoms with van der Waals surface area (Å²) in [6.07, 6.45) is 4.95. The van der Waals surface area contributed by atoms with Crippen molar-refractivity contribution in [2.75, 3.05) is 4.90 Å². The summed E-state index contributed by atoms with van der Waals surface area (Å²) in [5.74, 6) is 0. The lowest BCUT2D eigenvalue weighted by Gasteiger charge is -2.33. The SMILES string of the molecule is CC1(C)c2ccccc2-c2cccc(-c3ccccc3N(c3ccc4c(c3)C3(CCCC3)c3ccccc3-4)c3ccc4c(c3)C(C)(c3ccccc3)c3ccccc3-4)c21. The zero-order chi connectivity index (χ0) is 39.5. The molecular weight excluding hydrogens is 711 g/mol. The molecule has 1 heteroatoms. The Bertz CT molecular complexity index is 3000. The minimum Gasteiger partial charge on any atom is -0.310 e. The highest BCUT2D eigenvalue weighted by Gasteiger charge is 2.46. The van der Waals surface area contributed by atoms with Crippen LogP contribution in [-0.4, -0.2) is 0 Å². The quantitative estimate of drug-likeness (QED) is 0.169. The van der Waals surface area contributed by atoms with Crippen LogP contribution in [0.5, 0.6) is 0 Å². The van der Waals surface area contributed by atoms with Gasteiger partial charge in [0.15, 0.2) is 0 Å². The van der Waals surface area contributed by atoms with Gasteiger partial charge < -0.3 is 4.90 Å². The van der Waals surface area contributed by atoms with E-state index in [4.69, 9.17) is 0 Å². The number of anilines is 3. The summed E-state index contributed by atoms with van der Waals surface area (Å²) in [5, 5.41) is 0. The Labute approximate surface area is 348 Å². The Balaban J connectivity index is 1.12. The predicted octanol–water partition coefficient (Wildman–Crippen LogP) is 15.3. The molecule has 1 atom stereocenters. The van der Waals surface area contributed by atoms with Crippen LogP contribution >= 0.6 is 0 Å². The summed E-state index contributed by atoms with van der Waals surface area (Å²) < 4.78 is 0. The summed E-state index contributed by atoms with van der Waals surface area (Å²) >= 11 is 0. The van der Waals surface area contributed by atoms with Crippen molar-refractivity contribution in [3.05, 3.63) is 221 Å². The molecule has 0 radical (unpaired) electrons. The first-order valence-electron chi connectivity index (χ1n) is 21.6. The molecule has 1 unspecified atom stereocenters. The second-order valence-electron chi connectivity index (χ2n) is 18.1. The number of rotatable bonds is 5. The van der Waals surface area contributed by atoms with Crippen LogP contribution in [0, 0.1) is 0 Å². The summed E-state index contributed by atoms with van der Waals surface area (Å²) in [5.41, 5.74) is 23.8. The zero-order valence-corrected chi connectivity index (χ0v) is 34.1. The average Bonchev–Trinajstić information content (AvgIpc) is 4.02. The molecule has 0 bridgehead atoms. The summed E-state index contributed by atoms with van der Waals surface area (Å²) in [7, 11) is 0. The zero-order valence-electron chi connectivity index (χ0n) is 34.1. The summed E-state index contributed by atoms with van der Waals surface area (Å²) in [4.78, 5) is 2.59. The van der Waals surface area contributed by atoms with E-state index in [-0.39, 0.29) is 16.2 Å². The van der Waals surface area contributed by atoms with Gasteiger partial charge in [-0.1, -0.05) is 178 Å². The van der Waals surface area contributed by atoms with Crippen LogP contribution in [0.2, 0.25) is 0 Å². The van der Waals surface area contributed by atoms with Crippen molar-refractivity contribution in [3.63, 3.8) is 0 Å². The second-order valence-corrected chi connectivity index (χ2v) is 18.1. The summed E-state index contributed by atoms with van der Waals surface area (Å²) in [6, 6.07) is 69.2. The Hall–Kier alpha value is -6.44. The van der Waals surface area contributed by atoms with Crippen LogP contribution in [0.3, 0.4) is 0 Å². The number of benzene rings is 8. The molecule has 1 nitrogen and oxygen atoms in total. The van der Waals surface area contributed by atoms with E-state index in [1.54, 1.807) is 0 Å². The van der Waals surface area contributed by atoms with Gasteiger partial charge in [-0.3, -0.25) is 0 Å². The first-order valence-corrected chi connectivity index (χ1v) is 21.6. The Morgan fingerprint density at radius 2 is 0.847 bits per heavy atom. The van der Waals surface area contributed by atoms with Gasteiger partial charge in [0.25, 0.3) is 0 Å². The summed E-state index contributed by atoms with van der Waals surface area (Å²) in [6.45, 7) is 7.24. The highest BCUT2D eigenvalue weighted by atomic mass is 15.1. The topological polar surface area (TPSA) is 3.24 Å². The van der Waals surface area contributed by atoms with Gasteiger partial charge in [-0.25, -0.2) is 0 Å². The lowest BCUT2D eigenvalue weighted by molar-refractivity contribution is 0.550. The lowest BCUT2D eigenvalue weighted by atomic mass is 9.74. The minimum atomic E-state index is -0.308. The number of fused-ring (bicyclic) bond motifs is 11. The molecule has 4 aliphatic carbocycles. The molecule has 1 saturated carbocycles. The Morgan fingerprint density at radius 1 is 0.373 bits per heavy atom. The van der Waals surface area contributed by atoms with Gasteiger partial charge in [-0.15, -0.1) is 0 Å². The third-order valence-electron chi connectivity index (χ3n) is 14.9. The van der Waals surface area contributed by atoms with Crippen molar-refractivity contribution in [2.45, 2.75) is 62.7 Å². The van der Waals surface area contributed by atoms with E-state index in [9.17, 15) is 0 Å². The third kappa shape index (κ3) is 4.68. The molecule has 0 heterocycles. The molecule has 284 valence electrons. The first-order chi connectivity index (χ1) is 28.9. The predicted molar refractivity (Wildman–Crippen MR) is 246 cm³/mol. The maximum atomic E-state index is 2.59. The lowest BCUT2D eigenvalue weighted by Crippen LogP contribution is -2.23. The average molecular weight is 758 g/mol. The van der Waals surface area contributed by atoms with Crippen LogP contribution < -0.4 is 4.90 Å². The van der Waals surface area contributed by atoms with Crippen LogP contribution in [0.1, 0.15) is 85.4 Å². The van der Waals surface area contributed by atoms with Gasteiger partial charge in [0.2, 0.25) is 0 Å². The van der Waals surface area contributed by atoms with Crippen molar-refractivity contribution in [2.24, 2.45) is 0 Å². The molecule has 0 N–H and O–H groups in total. The molecule has 59 heavy (non-hydrogen) atoms. The van der Waals surface area contributed by atoms with Gasteiger partial charge >= 0.3 is 0 Å². The van der Waals surface area contributed by atoms with Gasteiger partial charge in [0, 0.05) is 33.2 Å². The third-order valence-corrected chi connectivity index (χ3v) is 14.9. The molecule has 0 aliphatic heterocycles. The monoisotopic (exact) mass is 757 g/mol. The van der Waals surface area contributed by atoms with E-state index in [0.717, 1.165) is 0 Å². The van der Waals surface area contributed by atoms with E-state index in [1.807, 2.05) is 0 Å². The normalized spacial score (nSPS) is 18.2. The molecular formula is C58H47N. The number of para-hydroxylation sites is 1. The second kappa shape index (κ2) is 12.5. The number of hydrogen-bond donors (Lipinski definition) is 0. The fourth-order valence-corrected chi connectivity index (χ4v) is 12.2. The maximum Gasteiger partial charge on any atom is 0.0540 e. The van der Waals surface area contributed by atoms with Crippen LogP contribution in [0.25, 0.3) is 44.5 Å². The number of hydrogen-bond acceptors (Lipinski definition) is 1. The molecule has 0 saturated heterocycles. The fraction of sp³-hybridized carbons (Fsp3) is 0.172. The molecule has 1 spiro atoms. The van der Waals surface area contributed by atoms with Crippen molar-refractivity contribution < 1.29 is 0 Å². The Morgan fingerprint density at radius 3 is 1.54 bits per heavy atom. The molecule has 8 aromatic rings. The molecule has 0 amide bonds. The highest BCUT2D eigenvalue weighted by molar-refractivity contribution is 5.96. The standard InChI is InChI=1S/C58H47N/c1-56(2)49-26-11-7-22-43(49)47-24-17-25-48(55(47)56)46-23-10-14-29-54(46)59(40-31-33-45-42-21-9-13-28-51(42)58(53(45)37-40)34-15-16-35-58)39-30-32-44-41-20-8-12-27-50(41)57(3,52(44)36-39)38-18-5-4-6-19-38/h4-14,17-33,36-37H,15-16,34-35H2,1-3H3. The Kier molecular flexibility index (Phi) is 7.35. The van der Waals surface area contributed by atoms with Crippen molar-refractivity contribution in [1.82, 2.24) is 0 Å². The van der Waals surface area contributed by atoms with Gasteiger partial charge in [0.05, 0.1) is 5.69 Å². The molecule has 4 aliphatic rings. The van der Waals surface area contributed by atoms with Gasteiger partial charge in [0.1, 0.15) is 0 Å². The van der Waals surface area contributed by atoms with Crippen LogP contribution in [-0.2, 0) is 16.2 Å². The van der Waals surface area contributed by atoms with E-state index in [0.29, 0.717) is 0 Å². The first kappa shape index (κ1) is 34.6. The van der Waals surface area contributed by atoms with E-state index < -0.39 is 0 Å². The maximum absolute atomic E-state index is 2.59. The van der Waals surface area contributed by atoms with E-state index in [2.05, 4.69) is 208 Å². The highest BCUT2D eigenvalue weighted by Crippen LogP contribution is 2.60. The number of nitrogens with zero attached hydrogens (tertiary/aromatic N) is 1. The van der Waals surface area contributed by atoms with Gasteiger partial charge in [-0.05, 0) is 128 Å². The molecule has 12 rings (SSSR count). The van der Waals surface area contributed by atoms with Crippen molar-refractivity contribution in [3.8, 4) is 44.5 Å². The fourth-order valence-electron chi connectivity index (χ4n) is 12.2. The molecule has 0 aromatic heterocycles. The minimum absolute atomic E-state index is 0.0641. The van der Waals surface area contributed by atoms with Crippen LogP contribution in [0.15, 0.2) is 182 Å². The largest absolute Gasteiger partial charge is 0.310 e. The van der Waals surface area contributed by atoms with Crippen molar-refractivity contribution >= 4 is 17.1 Å².